The lowest BCUT2D eigenvalue weighted by molar-refractivity contribution is 0.202. The van der Waals surface area contributed by atoms with Gasteiger partial charge < -0.3 is 10.2 Å². The second kappa shape index (κ2) is 5.45. The molecule has 1 atom stereocenters. The molecule has 4 heteroatoms. The zero-order valence-corrected chi connectivity index (χ0v) is 11.0. The summed E-state index contributed by atoms with van der Waals surface area (Å²) in [6.45, 7) is 0.0150. The maximum Gasteiger partial charge on any atom is 0.155 e. The molecule has 0 fully saturated rings. The van der Waals surface area contributed by atoms with E-state index in [9.17, 15) is 5.11 Å². The maximum absolute atomic E-state index is 10.6. The van der Waals surface area contributed by atoms with Crippen LogP contribution in [0.3, 0.4) is 0 Å². The maximum atomic E-state index is 10.6. The van der Waals surface area contributed by atoms with E-state index in [1.807, 2.05) is 48.5 Å². The molecule has 0 aliphatic carbocycles. The number of nitrogens with zero attached hydrogens (tertiary/aromatic N) is 2. The number of rotatable bonds is 3. The van der Waals surface area contributed by atoms with Gasteiger partial charge in [-0.05, 0) is 42.3 Å². The highest BCUT2D eigenvalue weighted by Crippen LogP contribution is 2.36. The van der Waals surface area contributed by atoms with Gasteiger partial charge in [0.2, 0.25) is 0 Å². The number of hydrogen-bond donors (Lipinski definition) is 2. The Morgan fingerprint density at radius 3 is 2.65 bits per heavy atom. The molecule has 2 N–H and O–H groups in total. The van der Waals surface area contributed by atoms with Crippen molar-refractivity contribution < 1.29 is 10.2 Å². The van der Waals surface area contributed by atoms with E-state index >= 15 is 0 Å². The molecule has 4 nitrogen and oxygen atoms in total. The Balaban J connectivity index is 2.11. The Bertz CT molecular complexity index is 625. The van der Waals surface area contributed by atoms with Crippen molar-refractivity contribution in [3.8, 4) is 0 Å². The molecular formula is C16H16N2O2. The summed E-state index contributed by atoms with van der Waals surface area (Å²) in [5, 5.41) is 19.7. The van der Waals surface area contributed by atoms with Gasteiger partial charge in [0.1, 0.15) is 5.82 Å². The molecule has 1 aliphatic rings. The number of anilines is 2. The highest BCUT2D eigenvalue weighted by Gasteiger charge is 2.28. The molecule has 0 saturated carbocycles. The van der Waals surface area contributed by atoms with Gasteiger partial charge in [0, 0.05) is 24.1 Å². The number of para-hydroxylation sites is 1. The van der Waals surface area contributed by atoms with E-state index in [0.717, 1.165) is 22.6 Å². The lowest BCUT2D eigenvalue weighted by atomic mass is 10.0. The second-order valence-electron chi connectivity index (χ2n) is 4.69. The van der Waals surface area contributed by atoms with Crippen LogP contribution in [0.2, 0.25) is 0 Å². The van der Waals surface area contributed by atoms with E-state index in [2.05, 4.69) is 4.98 Å². The molecule has 2 heterocycles. The lowest BCUT2D eigenvalue weighted by Gasteiger charge is -2.35. The number of pyridine rings is 1. The van der Waals surface area contributed by atoms with E-state index in [4.69, 9.17) is 5.11 Å². The van der Waals surface area contributed by atoms with Crippen LogP contribution in [0.5, 0.6) is 0 Å². The van der Waals surface area contributed by atoms with Gasteiger partial charge in [-0.15, -0.1) is 0 Å². The van der Waals surface area contributed by atoms with Gasteiger partial charge in [-0.25, -0.2) is 4.98 Å². The minimum atomic E-state index is -0.799. The van der Waals surface area contributed by atoms with Crippen molar-refractivity contribution in [1.82, 2.24) is 4.98 Å². The number of aliphatic hydroxyl groups excluding tert-OH is 2. The van der Waals surface area contributed by atoms with E-state index < -0.39 is 6.23 Å². The summed E-state index contributed by atoms with van der Waals surface area (Å²) in [6, 6.07) is 13.5. The van der Waals surface area contributed by atoms with Crippen LogP contribution in [0, 0.1) is 0 Å². The average Bonchev–Trinajstić information content (AvgIpc) is 2.49. The highest BCUT2D eigenvalue weighted by molar-refractivity contribution is 5.77. The third-order valence-corrected chi connectivity index (χ3v) is 3.40. The quantitative estimate of drug-likeness (QED) is 0.897. The molecule has 1 aliphatic heterocycles. The van der Waals surface area contributed by atoms with Gasteiger partial charge in [0.05, 0.1) is 0 Å². The van der Waals surface area contributed by atoms with Crippen LogP contribution in [-0.4, -0.2) is 28.0 Å². The average molecular weight is 268 g/mol. The molecule has 2 aromatic rings. The summed E-state index contributed by atoms with van der Waals surface area (Å²) in [5.41, 5.74) is 2.62. The van der Waals surface area contributed by atoms with Gasteiger partial charge in [-0.2, -0.15) is 0 Å². The van der Waals surface area contributed by atoms with Crippen LogP contribution >= 0.6 is 0 Å². The molecule has 0 saturated heterocycles. The van der Waals surface area contributed by atoms with Gasteiger partial charge in [-0.3, -0.25) is 4.90 Å². The predicted molar refractivity (Wildman–Crippen MR) is 78.5 cm³/mol. The van der Waals surface area contributed by atoms with Crippen molar-refractivity contribution in [3.63, 3.8) is 0 Å². The normalized spacial score (nSPS) is 17.6. The fraction of sp³-hybridized carbons (Fsp3) is 0.188. The molecule has 0 amide bonds. The largest absolute Gasteiger partial charge is 0.396 e. The first kappa shape index (κ1) is 12.8. The van der Waals surface area contributed by atoms with Crippen LogP contribution in [0.4, 0.5) is 11.5 Å². The zero-order chi connectivity index (χ0) is 13.9. The zero-order valence-electron chi connectivity index (χ0n) is 11.0. The van der Waals surface area contributed by atoms with Crippen LogP contribution in [-0.2, 0) is 0 Å². The van der Waals surface area contributed by atoms with Crippen LogP contribution in [0.15, 0.2) is 54.2 Å². The summed E-state index contributed by atoms with van der Waals surface area (Å²) in [7, 11) is 0. The monoisotopic (exact) mass is 268 g/mol. The Labute approximate surface area is 117 Å². The highest BCUT2D eigenvalue weighted by atomic mass is 16.3. The van der Waals surface area contributed by atoms with Crippen LogP contribution in [0.25, 0.3) is 6.08 Å². The summed E-state index contributed by atoms with van der Waals surface area (Å²) in [4.78, 5) is 6.17. The Hall–Kier alpha value is -2.17. The van der Waals surface area contributed by atoms with Gasteiger partial charge in [0.25, 0.3) is 0 Å². The fourth-order valence-electron chi connectivity index (χ4n) is 2.46. The summed E-state index contributed by atoms with van der Waals surface area (Å²) in [5.74, 6) is 0.730. The first-order valence-corrected chi connectivity index (χ1v) is 6.60. The number of aromatic nitrogens is 1. The molecule has 0 bridgehead atoms. The fourth-order valence-corrected chi connectivity index (χ4v) is 2.46. The lowest BCUT2D eigenvalue weighted by Crippen LogP contribution is -2.36. The molecule has 0 radical (unpaired) electrons. The Morgan fingerprint density at radius 2 is 1.90 bits per heavy atom. The van der Waals surface area contributed by atoms with Crippen molar-refractivity contribution in [3.05, 3.63) is 59.8 Å². The summed E-state index contributed by atoms with van der Waals surface area (Å²) in [6.07, 6.45) is 3.26. The molecule has 20 heavy (non-hydrogen) atoms. The van der Waals surface area contributed by atoms with E-state index in [1.54, 1.807) is 11.1 Å². The number of hydrogen-bond acceptors (Lipinski definition) is 4. The number of fused-ring (bicyclic) bond motifs is 1. The summed E-state index contributed by atoms with van der Waals surface area (Å²) >= 11 is 0. The SMILES string of the molecule is OCCC1=Cc2cccnc2N(c2ccccc2)C1O. The van der Waals surface area contributed by atoms with Crippen molar-refractivity contribution >= 4 is 17.6 Å². The molecule has 1 aromatic carbocycles. The van der Waals surface area contributed by atoms with E-state index in [0.29, 0.717) is 6.42 Å². The predicted octanol–water partition coefficient (Wildman–Crippen LogP) is 2.32. The molecule has 3 rings (SSSR count). The number of aliphatic hydroxyl groups is 2. The second-order valence-corrected chi connectivity index (χ2v) is 4.69. The van der Waals surface area contributed by atoms with Crippen LogP contribution in [0.1, 0.15) is 12.0 Å². The summed E-state index contributed by atoms with van der Waals surface area (Å²) < 4.78 is 0. The molecule has 1 unspecified atom stereocenters. The molecule has 102 valence electrons. The van der Waals surface area contributed by atoms with E-state index in [-0.39, 0.29) is 6.61 Å². The third kappa shape index (κ3) is 2.19. The van der Waals surface area contributed by atoms with Crippen molar-refractivity contribution in [2.24, 2.45) is 0 Å². The minimum Gasteiger partial charge on any atom is -0.396 e. The van der Waals surface area contributed by atoms with Gasteiger partial charge in [-0.1, -0.05) is 18.2 Å². The standard InChI is InChI=1S/C16H16N2O2/c19-10-8-13-11-12-5-4-9-17-15(12)18(16(13)20)14-6-2-1-3-7-14/h1-7,9,11,16,19-20H,8,10H2. The van der Waals surface area contributed by atoms with Gasteiger partial charge in [0.15, 0.2) is 6.23 Å². The third-order valence-electron chi connectivity index (χ3n) is 3.40. The first-order valence-electron chi connectivity index (χ1n) is 6.60. The Morgan fingerprint density at radius 1 is 1.10 bits per heavy atom. The molecule has 1 aromatic heterocycles. The first-order chi connectivity index (χ1) is 9.81. The smallest absolute Gasteiger partial charge is 0.155 e. The van der Waals surface area contributed by atoms with Gasteiger partial charge >= 0.3 is 0 Å². The molecular weight excluding hydrogens is 252 g/mol. The van der Waals surface area contributed by atoms with Crippen LogP contribution < -0.4 is 4.90 Å². The van der Waals surface area contributed by atoms with E-state index in [1.165, 1.54) is 0 Å². The minimum absolute atomic E-state index is 0.0150. The topological polar surface area (TPSA) is 56.6 Å². The van der Waals surface area contributed by atoms with Crippen molar-refractivity contribution in [2.75, 3.05) is 11.5 Å². The number of benzene rings is 1. The van der Waals surface area contributed by atoms with Crippen molar-refractivity contribution in [2.45, 2.75) is 12.6 Å². The molecule has 0 spiro atoms. The Kier molecular flexibility index (Phi) is 3.50. The van der Waals surface area contributed by atoms with Crippen molar-refractivity contribution in [1.29, 1.82) is 0 Å².